The van der Waals surface area contributed by atoms with Crippen molar-refractivity contribution in [1.82, 2.24) is 9.97 Å². The van der Waals surface area contributed by atoms with Crippen LogP contribution in [0.1, 0.15) is 15.5 Å². The molecule has 7 nitrogen and oxygen atoms in total. The Balaban J connectivity index is 1.93. The number of hydrogen-bond acceptors (Lipinski definition) is 7. The first-order chi connectivity index (χ1) is 12.4. The van der Waals surface area contributed by atoms with E-state index in [4.69, 9.17) is 0 Å². The summed E-state index contributed by atoms with van der Waals surface area (Å²) in [6.45, 7) is 1.78. The average molecular weight is 389 g/mol. The molecule has 3 rings (SSSR count). The van der Waals surface area contributed by atoms with Gasteiger partial charge in [0.25, 0.3) is 10.0 Å². The maximum atomic E-state index is 12.7. The molecule has 0 fully saturated rings. The molecule has 0 amide bonds. The second kappa shape index (κ2) is 7.22. The van der Waals surface area contributed by atoms with Crippen LogP contribution in [0.25, 0.3) is 11.3 Å². The minimum atomic E-state index is -3.94. The molecule has 1 N–H and O–H groups in total. The number of thiophene rings is 1. The van der Waals surface area contributed by atoms with Crippen LogP contribution in [0, 0.1) is 6.92 Å². The van der Waals surface area contributed by atoms with E-state index in [0.717, 1.165) is 16.9 Å². The number of nitrogens with zero attached hydrogens (tertiary/aromatic N) is 2. The molecule has 1 aromatic carbocycles. The number of aromatic nitrogens is 2. The van der Waals surface area contributed by atoms with Crippen molar-refractivity contribution < 1.29 is 17.9 Å². The van der Waals surface area contributed by atoms with E-state index < -0.39 is 16.0 Å². The number of carbonyl (C=O) groups excluding carboxylic acids is 1. The molecule has 0 saturated carbocycles. The molecule has 0 bridgehead atoms. The Bertz CT molecular complexity index is 1060. The van der Waals surface area contributed by atoms with Gasteiger partial charge < -0.3 is 4.74 Å². The average Bonchev–Trinajstić information content (AvgIpc) is 3.12. The number of nitrogens with one attached hydrogen (secondary N) is 1. The number of sulfonamides is 1. The highest BCUT2D eigenvalue weighted by Gasteiger charge is 2.24. The first-order valence-corrected chi connectivity index (χ1v) is 9.86. The zero-order valence-corrected chi connectivity index (χ0v) is 15.6. The first-order valence-electron chi connectivity index (χ1n) is 7.49. The lowest BCUT2D eigenvalue weighted by molar-refractivity contribution is 0.0602. The zero-order valence-electron chi connectivity index (χ0n) is 14.0. The second-order valence-electron chi connectivity index (χ2n) is 5.28. The number of methoxy groups -OCH3 is 1. The normalized spacial score (nSPS) is 11.2. The van der Waals surface area contributed by atoms with Crippen molar-refractivity contribution in [1.29, 1.82) is 0 Å². The first kappa shape index (κ1) is 18.0. The van der Waals surface area contributed by atoms with Crippen LogP contribution in [-0.4, -0.2) is 31.5 Å². The highest BCUT2D eigenvalue weighted by molar-refractivity contribution is 7.93. The molecule has 2 aromatic heterocycles. The minimum Gasteiger partial charge on any atom is -0.465 e. The molecule has 9 heteroatoms. The van der Waals surface area contributed by atoms with Crippen molar-refractivity contribution in [3.05, 3.63) is 58.7 Å². The summed E-state index contributed by atoms with van der Waals surface area (Å²) < 4.78 is 32.5. The molecule has 0 unspecified atom stereocenters. The zero-order chi connectivity index (χ0) is 18.7. The van der Waals surface area contributed by atoms with Gasteiger partial charge in [-0.15, -0.1) is 11.3 Å². The van der Waals surface area contributed by atoms with Gasteiger partial charge in [-0.3, -0.25) is 4.72 Å². The Morgan fingerprint density at radius 1 is 1.23 bits per heavy atom. The van der Waals surface area contributed by atoms with Gasteiger partial charge in [-0.25, -0.2) is 23.2 Å². The van der Waals surface area contributed by atoms with Gasteiger partial charge in [-0.2, -0.15) is 0 Å². The highest BCUT2D eigenvalue weighted by Crippen LogP contribution is 2.27. The second-order valence-corrected chi connectivity index (χ2v) is 7.85. The fraction of sp³-hybridized carbons (Fsp3) is 0.118. The quantitative estimate of drug-likeness (QED) is 0.673. The van der Waals surface area contributed by atoms with Crippen molar-refractivity contribution in [3.63, 3.8) is 0 Å². The number of rotatable bonds is 5. The molecule has 0 radical (unpaired) electrons. The van der Waals surface area contributed by atoms with E-state index >= 15 is 0 Å². The molecule has 26 heavy (non-hydrogen) atoms. The number of hydrogen-bond donors (Lipinski definition) is 1. The maximum Gasteiger partial charge on any atom is 0.349 e. The monoisotopic (exact) mass is 389 g/mol. The van der Waals surface area contributed by atoms with Crippen molar-refractivity contribution in [2.75, 3.05) is 11.8 Å². The summed E-state index contributed by atoms with van der Waals surface area (Å²) in [5, 5.41) is 1.53. The van der Waals surface area contributed by atoms with Crippen molar-refractivity contribution in [3.8, 4) is 11.3 Å². The molecule has 0 aliphatic carbocycles. The fourth-order valence-corrected chi connectivity index (χ4v) is 4.71. The number of ether oxygens (including phenoxy) is 1. The standard InChI is InChI=1S/C17H15N3O4S2/c1-11-18-8-6-14(19-11)12-4-3-5-13(10-12)20-26(22,23)15-7-9-25-16(15)17(21)24-2/h3-10,20H,1-2H3. The van der Waals surface area contributed by atoms with E-state index in [9.17, 15) is 13.2 Å². The molecule has 0 aliphatic heterocycles. The van der Waals surface area contributed by atoms with Gasteiger partial charge in [-0.05, 0) is 36.6 Å². The van der Waals surface area contributed by atoms with Crippen molar-refractivity contribution in [2.24, 2.45) is 0 Å². The SMILES string of the molecule is COC(=O)c1sccc1S(=O)(=O)Nc1cccc(-c2ccnc(C)n2)c1. The number of carbonyl (C=O) groups is 1. The summed E-state index contributed by atoms with van der Waals surface area (Å²) in [6, 6.07) is 9.96. The Labute approximate surface area is 154 Å². The Kier molecular flexibility index (Phi) is 5.01. The summed E-state index contributed by atoms with van der Waals surface area (Å²) in [7, 11) is -2.73. The van der Waals surface area contributed by atoms with Gasteiger partial charge in [-0.1, -0.05) is 12.1 Å². The van der Waals surface area contributed by atoms with E-state index in [1.165, 1.54) is 18.6 Å². The molecule has 2 heterocycles. The topological polar surface area (TPSA) is 98.2 Å². The van der Waals surface area contributed by atoms with Crippen LogP contribution < -0.4 is 4.72 Å². The van der Waals surface area contributed by atoms with Crippen LogP contribution in [0.4, 0.5) is 5.69 Å². The number of anilines is 1. The molecule has 0 spiro atoms. The molecular weight excluding hydrogens is 374 g/mol. The predicted octanol–water partition coefficient (Wildman–Crippen LogP) is 3.10. The highest BCUT2D eigenvalue weighted by atomic mass is 32.2. The third kappa shape index (κ3) is 3.73. The Hall–Kier alpha value is -2.78. The van der Waals surface area contributed by atoms with Gasteiger partial charge in [0.05, 0.1) is 12.8 Å². The van der Waals surface area contributed by atoms with Crippen LogP contribution in [0.2, 0.25) is 0 Å². The smallest absolute Gasteiger partial charge is 0.349 e. The van der Waals surface area contributed by atoms with Crippen LogP contribution in [0.3, 0.4) is 0 Å². The number of benzene rings is 1. The lowest BCUT2D eigenvalue weighted by Gasteiger charge is -2.10. The van der Waals surface area contributed by atoms with Crippen molar-refractivity contribution >= 4 is 33.0 Å². The molecule has 3 aromatic rings. The predicted molar refractivity (Wildman–Crippen MR) is 98.7 cm³/mol. The van der Waals surface area contributed by atoms with Gasteiger partial charge in [0.1, 0.15) is 15.6 Å². The molecule has 0 atom stereocenters. The van der Waals surface area contributed by atoms with E-state index in [2.05, 4.69) is 19.4 Å². The lowest BCUT2D eigenvalue weighted by Crippen LogP contribution is -2.15. The Morgan fingerprint density at radius 2 is 2.04 bits per heavy atom. The third-order valence-electron chi connectivity index (χ3n) is 3.48. The summed E-state index contributed by atoms with van der Waals surface area (Å²) in [6.07, 6.45) is 1.64. The minimum absolute atomic E-state index is 0.0302. The van der Waals surface area contributed by atoms with Crippen molar-refractivity contribution in [2.45, 2.75) is 11.8 Å². The molecular formula is C17H15N3O4S2. The molecule has 0 aliphatic rings. The fourth-order valence-electron chi connectivity index (χ4n) is 2.32. The van der Waals surface area contributed by atoms with Gasteiger partial charge in [0.2, 0.25) is 0 Å². The Morgan fingerprint density at radius 3 is 2.77 bits per heavy atom. The van der Waals surface area contributed by atoms with Crippen LogP contribution >= 0.6 is 11.3 Å². The summed E-state index contributed by atoms with van der Waals surface area (Å²) >= 11 is 1.01. The summed E-state index contributed by atoms with van der Waals surface area (Å²) in [4.78, 5) is 20.0. The largest absolute Gasteiger partial charge is 0.465 e. The molecule has 134 valence electrons. The van der Waals surface area contributed by atoms with Gasteiger partial charge >= 0.3 is 5.97 Å². The lowest BCUT2D eigenvalue weighted by atomic mass is 10.1. The van der Waals surface area contributed by atoms with Crippen LogP contribution in [0.5, 0.6) is 0 Å². The molecule has 0 saturated heterocycles. The number of aryl methyl sites for hydroxylation is 1. The summed E-state index contributed by atoms with van der Waals surface area (Å²) in [5.74, 6) is -0.0694. The number of esters is 1. The van der Waals surface area contributed by atoms with E-state index in [1.807, 2.05) is 6.07 Å². The summed E-state index contributed by atoms with van der Waals surface area (Å²) in [5.41, 5.74) is 1.79. The maximum absolute atomic E-state index is 12.7. The van der Waals surface area contributed by atoms with Crippen LogP contribution in [0.15, 0.2) is 52.9 Å². The van der Waals surface area contributed by atoms with E-state index in [0.29, 0.717) is 17.2 Å². The van der Waals surface area contributed by atoms with E-state index in [-0.39, 0.29) is 9.77 Å². The third-order valence-corrected chi connectivity index (χ3v) is 5.92. The van der Waals surface area contributed by atoms with Crippen LogP contribution in [-0.2, 0) is 14.8 Å². The van der Waals surface area contributed by atoms with E-state index in [1.54, 1.807) is 37.4 Å². The van der Waals surface area contributed by atoms with Gasteiger partial charge in [0.15, 0.2) is 0 Å². The van der Waals surface area contributed by atoms with Gasteiger partial charge in [0, 0.05) is 17.4 Å².